The van der Waals surface area contributed by atoms with Crippen molar-refractivity contribution in [1.29, 1.82) is 0 Å². The Hall–Kier alpha value is -0.940. The molecule has 2 N–H and O–H groups in total. The van der Waals surface area contributed by atoms with Crippen molar-refractivity contribution >= 4 is 5.96 Å². The van der Waals surface area contributed by atoms with Gasteiger partial charge in [-0.3, -0.25) is 4.99 Å². The van der Waals surface area contributed by atoms with Gasteiger partial charge in [-0.05, 0) is 43.4 Å². The van der Waals surface area contributed by atoms with Crippen molar-refractivity contribution < 1.29 is 13.2 Å². The van der Waals surface area contributed by atoms with Gasteiger partial charge in [0.2, 0.25) is 0 Å². The fourth-order valence-corrected chi connectivity index (χ4v) is 3.65. The van der Waals surface area contributed by atoms with Crippen LogP contribution in [0, 0.1) is 17.8 Å². The second-order valence-corrected chi connectivity index (χ2v) is 6.01. The molecule has 20 heavy (non-hydrogen) atoms. The summed E-state index contributed by atoms with van der Waals surface area (Å²) >= 11 is 0. The minimum absolute atomic E-state index is 0.128. The van der Waals surface area contributed by atoms with E-state index in [1.54, 1.807) is 7.05 Å². The molecule has 2 saturated carbocycles. The molecular formula is C14H24F3N3. The van der Waals surface area contributed by atoms with E-state index < -0.39 is 12.6 Å². The van der Waals surface area contributed by atoms with Crippen molar-refractivity contribution in [2.24, 2.45) is 22.7 Å². The third-order valence-electron chi connectivity index (χ3n) is 4.62. The minimum atomic E-state index is -4.12. The smallest absolute Gasteiger partial charge is 0.356 e. The van der Waals surface area contributed by atoms with E-state index in [2.05, 4.69) is 15.6 Å². The van der Waals surface area contributed by atoms with Crippen LogP contribution in [0.3, 0.4) is 0 Å². The van der Waals surface area contributed by atoms with E-state index in [0.717, 1.165) is 30.7 Å². The molecule has 0 aromatic rings. The molecule has 0 saturated heterocycles. The van der Waals surface area contributed by atoms with Gasteiger partial charge in [-0.1, -0.05) is 6.42 Å². The lowest BCUT2D eigenvalue weighted by Crippen LogP contribution is -2.39. The molecule has 0 amide bonds. The van der Waals surface area contributed by atoms with Gasteiger partial charge in [-0.2, -0.15) is 13.2 Å². The van der Waals surface area contributed by atoms with Crippen LogP contribution in [0.4, 0.5) is 13.2 Å². The van der Waals surface area contributed by atoms with Crippen molar-refractivity contribution in [1.82, 2.24) is 10.6 Å². The number of fused-ring (bicyclic) bond motifs is 2. The van der Waals surface area contributed by atoms with Gasteiger partial charge in [-0.25, -0.2) is 0 Å². The predicted octanol–water partition coefficient (Wildman–Crippen LogP) is 2.93. The zero-order valence-corrected chi connectivity index (χ0v) is 12.0. The number of alkyl halides is 3. The topological polar surface area (TPSA) is 36.4 Å². The highest BCUT2D eigenvalue weighted by Gasteiger charge is 2.38. The Morgan fingerprint density at radius 3 is 2.45 bits per heavy atom. The van der Waals surface area contributed by atoms with Crippen molar-refractivity contribution in [2.75, 3.05) is 20.1 Å². The number of hydrogen-bond acceptors (Lipinski definition) is 1. The molecule has 0 aromatic heterocycles. The Morgan fingerprint density at radius 2 is 1.90 bits per heavy atom. The van der Waals surface area contributed by atoms with Crippen LogP contribution in [0.25, 0.3) is 0 Å². The maximum Gasteiger partial charge on any atom is 0.390 e. The summed E-state index contributed by atoms with van der Waals surface area (Å²) in [6, 6.07) is 0. The highest BCUT2D eigenvalue weighted by Crippen LogP contribution is 2.49. The van der Waals surface area contributed by atoms with E-state index in [-0.39, 0.29) is 6.54 Å². The predicted molar refractivity (Wildman–Crippen MR) is 73.6 cm³/mol. The first kappa shape index (κ1) is 15.4. The minimum Gasteiger partial charge on any atom is -0.356 e. The molecule has 2 rings (SSSR count). The molecule has 2 aliphatic carbocycles. The van der Waals surface area contributed by atoms with Gasteiger partial charge < -0.3 is 10.6 Å². The number of guanidine groups is 1. The number of hydrogen-bond donors (Lipinski definition) is 2. The maximum absolute atomic E-state index is 12.1. The average molecular weight is 291 g/mol. The lowest BCUT2D eigenvalue weighted by Gasteiger charge is -2.22. The van der Waals surface area contributed by atoms with Crippen molar-refractivity contribution in [2.45, 2.75) is 44.7 Å². The van der Waals surface area contributed by atoms with Crippen LogP contribution in [-0.2, 0) is 0 Å². The van der Waals surface area contributed by atoms with Gasteiger partial charge in [0.15, 0.2) is 5.96 Å². The lowest BCUT2D eigenvalue weighted by atomic mass is 9.86. The Morgan fingerprint density at radius 1 is 1.15 bits per heavy atom. The standard InChI is InChI=1S/C14H24F3N3/c1-18-13(20-7-5-14(15,16)17)19-6-4-12-9-10-2-3-11(12)8-10/h10-12H,2-9H2,1H3,(H2,18,19,20). The quantitative estimate of drug-likeness (QED) is 0.603. The first-order chi connectivity index (χ1) is 9.48. The van der Waals surface area contributed by atoms with E-state index in [0.29, 0.717) is 5.96 Å². The van der Waals surface area contributed by atoms with Crippen LogP contribution < -0.4 is 10.6 Å². The highest BCUT2D eigenvalue weighted by atomic mass is 19.4. The summed E-state index contributed by atoms with van der Waals surface area (Å²) in [5, 5.41) is 5.82. The van der Waals surface area contributed by atoms with E-state index in [1.165, 1.54) is 25.7 Å². The molecule has 2 bridgehead atoms. The van der Waals surface area contributed by atoms with Gasteiger partial charge >= 0.3 is 6.18 Å². The van der Waals surface area contributed by atoms with Gasteiger partial charge in [0.05, 0.1) is 6.42 Å². The van der Waals surface area contributed by atoms with Crippen LogP contribution >= 0.6 is 0 Å². The molecule has 3 unspecified atom stereocenters. The maximum atomic E-state index is 12.1. The molecule has 116 valence electrons. The number of nitrogens with zero attached hydrogens (tertiary/aromatic N) is 1. The summed E-state index contributed by atoms with van der Waals surface area (Å²) in [6.07, 6.45) is 1.65. The van der Waals surface area contributed by atoms with Crippen LogP contribution in [0.1, 0.15) is 38.5 Å². The highest BCUT2D eigenvalue weighted by molar-refractivity contribution is 5.79. The third-order valence-corrected chi connectivity index (χ3v) is 4.62. The molecule has 6 heteroatoms. The van der Waals surface area contributed by atoms with E-state index in [1.807, 2.05) is 0 Å². The zero-order chi connectivity index (χ0) is 14.6. The van der Waals surface area contributed by atoms with E-state index >= 15 is 0 Å². The summed E-state index contributed by atoms with van der Waals surface area (Å²) in [4.78, 5) is 3.95. The monoisotopic (exact) mass is 291 g/mol. The molecule has 0 aromatic carbocycles. The lowest BCUT2D eigenvalue weighted by molar-refractivity contribution is -0.132. The molecule has 0 spiro atoms. The molecule has 0 aliphatic heterocycles. The molecule has 0 radical (unpaired) electrons. The molecule has 2 fully saturated rings. The summed E-state index contributed by atoms with van der Waals surface area (Å²) in [7, 11) is 1.58. The molecule has 0 heterocycles. The van der Waals surface area contributed by atoms with Gasteiger partial charge in [0.25, 0.3) is 0 Å². The normalized spacial score (nSPS) is 29.8. The zero-order valence-electron chi connectivity index (χ0n) is 12.0. The van der Waals surface area contributed by atoms with Crippen molar-refractivity contribution in [3.05, 3.63) is 0 Å². The largest absolute Gasteiger partial charge is 0.390 e. The summed E-state index contributed by atoms with van der Waals surface area (Å²) in [5.41, 5.74) is 0. The Bertz CT molecular complexity index is 341. The Labute approximate surface area is 118 Å². The summed E-state index contributed by atoms with van der Waals surface area (Å²) in [6.45, 7) is 0.664. The van der Waals surface area contributed by atoms with Crippen LogP contribution in [0.5, 0.6) is 0 Å². The fourth-order valence-electron chi connectivity index (χ4n) is 3.65. The Balaban J connectivity index is 1.59. The average Bonchev–Trinajstić information content (AvgIpc) is 2.97. The summed E-state index contributed by atoms with van der Waals surface area (Å²) in [5.74, 6) is 3.10. The van der Waals surface area contributed by atoms with Crippen molar-refractivity contribution in [3.8, 4) is 0 Å². The second kappa shape index (κ2) is 6.68. The van der Waals surface area contributed by atoms with Crippen LogP contribution in [0.2, 0.25) is 0 Å². The van der Waals surface area contributed by atoms with Crippen molar-refractivity contribution in [3.63, 3.8) is 0 Å². The number of halogens is 3. The van der Waals surface area contributed by atoms with Gasteiger partial charge in [0.1, 0.15) is 0 Å². The number of nitrogens with one attached hydrogen (secondary N) is 2. The molecule has 2 aliphatic rings. The Kier molecular flexibility index (Phi) is 5.16. The van der Waals surface area contributed by atoms with Crippen LogP contribution in [0.15, 0.2) is 4.99 Å². The van der Waals surface area contributed by atoms with Crippen LogP contribution in [-0.4, -0.2) is 32.3 Å². The molecule has 3 nitrogen and oxygen atoms in total. The SMILES string of the molecule is CN=C(NCCC1CC2CCC1C2)NCCC(F)(F)F. The second-order valence-electron chi connectivity index (χ2n) is 6.01. The number of rotatable bonds is 5. The molecular weight excluding hydrogens is 267 g/mol. The molecule has 3 atom stereocenters. The van der Waals surface area contributed by atoms with E-state index in [9.17, 15) is 13.2 Å². The van der Waals surface area contributed by atoms with Gasteiger partial charge in [0, 0.05) is 20.1 Å². The third kappa shape index (κ3) is 4.56. The van der Waals surface area contributed by atoms with E-state index in [4.69, 9.17) is 0 Å². The number of aliphatic imine (C=N–C) groups is 1. The first-order valence-electron chi connectivity index (χ1n) is 7.49. The fraction of sp³-hybridized carbons (Fsp3) is 0.929. The first-order valence-corrected chi connectivity index (χ1v) is 7.49. The summed E-state index contributed by atoms with van der Waals surface area (Å²) < 4.78 is 36.2. The van der Waals surface area contributed by atoms with Gasteiger partial charge in [-0.15, -0.1) is 0 Å².